The third-order valence-corrected chi connectivity index (χ3v) is 2.92. The third-order valence-electron chi connectivity index (χ3n) is 2.25. The van der Waals surface area contributed by atoms with Crippen molar-refractivity contribution >= 4 is 27.6 Å². The molecule has 1 aromatic rings. The highest BCUT2D eigenvalue weighted by Gasteiger charge is 2.42. The van der Waals surface area contributed by atoms with Crippen molar-refractivity contribution in [2.24, 2.45) is 0 Å². The first-order valence-electron chi connectivity index (χ1n) is 4.33. The molecular weight excluding hydrogens is 246 g/mol. The zero-order chi connectivity index (χ0) is 10.1. The summed E-state index contributed by atoms with van der Waals surface area (Å²) >= 11 is 3.44. The van der Waals surface area contributed by atoms with E-state index >= 15 is 0 Å². The van der Waals surface area contributed by atoms with Crippen LogP contribution in [0.2, 0.25) is 0 Å². The minimum atomic E-state index is -0.166. The Morgan fingerprint density at radius 2 is 2.29 bits per heavy atom. The highest BCUT2D eigenvalue weighted by molar-refractivity contribution is 9.10. The maximum absolute atomic E-state index is 11.2. The van der Waals surface area contributed by atoms with Crippen LogP contribution in [-0.2, 0) is 9.53 Å². The number of hydrogen-bond donors (Lipinski definition) is 0. The number of carbonyl (C=O) groups is 1. The van der Waals surface area contributed by atoms with E-state index in [1.54, 1.807) is 0 Å². The fourth-order valence-corrected chi connectivity index (χ4v) is 1.94. The third kappa shape index (κ3) is 1.62. The van der Waals surface area contributed by atoms with Gasteiger partial charge in [-0.3, -0.25) is 0 Å². The topological polar surface area (TPSA) is 29.3 Å². The fourth-order valence-electron chi connectivity index (χ4n) is 1.43. The van der Waals surface area contributed by atoms with Crippen LogP contribution in [-0.4, -0.2) is 25.7 Å². The number of nitrogens with zero attached hydrogens (tertiary/aromatic N) is 1. The maximum atomic E-state index is 11.2. The van der Waals surface area contributed by atoms with Crippen LogP contribution >= 0.6 is 15.9 Å². The molecule has 1 fully saturated rings. The number of methoxy groups -OCH3 is 1. The van der Waals surface area contributed by atoms with Gasteiger partial charge in [0.25, 0.3) is 0 Å². The van der Waals surface area contributed by atoms with Gasteiger partial charge < -0.3 is 9.64 Å². The molecule has 1 atom stereocenters. The average Bonchev–Trinajstić information content (AvgIpc) is 2.97. The Balaban J connectivity index is 2.13. The predicted octanol–water partition coefficient (Wildman–Crippen LogP) is 1.81. The first kappa shape index (κ1) is 9.52. The number of para-hydroxylation sites is 1. The predicted molar refractivity (Wildman–Crippen MR) is 57.3 cm³/mol. The van der Waals surface area contributed by atoms with Gasteiger partial charge in [0, 0.05) is 4.47 Å². The van der Waals surface area contributed by atoms with E-state index in [9.17, 15) is 4.79 Å². The van der Waals surface area contributed by atoms with Gasteiger partial charge in [-0.25, -0.2) is 4.79 Å². The monoisotopic (exact) mass is 255 g/mol. The molecule has 1 aliphatic rings. The molecular formula is C10H10BrNO2. The molecule has 14 heavy (non-hydrogen) atoms. The number of ether oxygens (including phenoxy) is 1. The molecule has 0 amide bonds. The average molecular weight is 256 g/mol. The van der Waals surface area contributed by atoms with Crippen LogP contribution in [0.5, 0.6) is 0 Å². The molecule has 2 rings (SSSR count). The first-order chi connectivity index (χ1) is 6.74. The standard InChI is InChI=1S/C10H10BrNO2/c1-14-10(13)9-6-12(9)8-5-3-2-4-7(8)11/h2-5,9H,6H2,1H3. The first-order valence-corrected chi connectivity index (χ1v) is 5.12. The molecule has 0 N–H and O–H groups in total. The minimum absolute atomic E-state index is 0.0984. The van der Waals surface area contributed by atoms with E-state index in [2.05, 4.69) is 20.7 Å². The van der Waals surface area contributed by atoms with Gasteiger partial charge >= 0.3 is 5.97 Å². The largest absolute Gasteiger partial charge is 0.467 e. The lowest BCUT2D eigenvalue weighted by Crippen LogP contribution is -2.13. The van der Waals surface area contributed by atoms with Gasteiger partial charge in [0.2, 0.25) is 0 Å². The Kier molecular flexibility index (Phi) is 2.46. The molecule has 1 saturated heterocycles. The van der Waals surface area contributed by atoms with Crippen LogP contribution in [0.15, 0.2) is 28.7 Å². The molecule has 0 bridgehead atoms. The van der Waals surface area contributed by atoms with Crippen LogP contribution in [0, 0.1) is 0 Å². The number of rotatable bonds is 2. The zero-order valence-corrected chi connectivity index (χ0v) is 9.32. The molecule has 0 aliphatic carbocycles. The van der Waals surface area contributed by atoms with Crippen molar-refractivity contribution in [2.45, 2.75) is 6.04 Å². The van der Waals surface area contributed by atoms with Crippen molar-refractivity contribution < 1.29 is 9.53 Å². The highest BCUT2D eigenvalue weighted by atomic mass is 79.9. The van der Waals surface area contributed by atoms with Crippen LogP contribution in [0.4, 0.5) is 5.69 Å². The van der Waals surface area contributed by atoms with Crippen molar-refractivity contribution in [1.82, 2.24) is 0 Å². The van der Waals surface area contributed by atoms with Gasteiger partial charge in [-0.05, 0) is 28.1 Å². The second-order valence-corrected chi connectivity index (χ2v) is 4.00. The second-order valence-electron chi connectivity index (χ2n) is 3.14. The summed E-state index contributed by atoms with van der Waals surface area (Å²) < 4.78 is 5.68. The van der Waals surface area contributed by atoms with Crippen molar-refractivity contribution in [1.29, 1.82) is 0 Å². The van der Waals surface area contributed by atoms with Gasteiger partial charge in [0.1, 0.15) is 6.04 Å². The molecule has 1 unspecified atom stereocenters. The molecule has 74 valence electrons. The Morgan fingerprint density at radius 1 is 1.57 bits per heavy atom. The normalized spacial score (nSPS) is 19.3. The highest BCUT2D eigenvalue weighted by Crippen LogP contribution is 2.34. The molecule has 1 heterocycles. The van der Waals surface area contributed by atoms with Gasteiger partial charge in [-0.15, -0.1) is 0 Å². The molecule has 0 spiro atoms. The second kappa shape index (κ2) is 3.61. The SMILES string of the molecule is COC(=O)C1CN1c1ccccc1Br. The summed E-state index contributed by atoms with van der Waals surface area (Å²) in [6.07, 6.45) is 0. The van der Waals surface area contributed by atoms with E-state index in [1.165, 1.54) is 7.11 Å². The number of esters is 1. The Labute approximate surface area is 90.8 Å². The molecule has 1 aliphatic heterocycles. The number of anilines is 1. The van der Waals surface area contributed by atoms with E-state index in [-0.39, 0.29) is 12.0 Å². The zero-order valence-electron chi connectivity index (χ0n) is 7.74. The van der Waals surface area contributed by atoms with Crippen molar-refractivity contribution in [3.8, 4) is 0 Å². The lowest BCUT2D eigenvalue weighted by atomic mass is 10.3. The Morgan fingerprint density at radius 3 is 2.93 bits per heavy atom. The molecule has 0 aromatic heterocycles. The number of benzene rings is 1. The lowest BCUT2D eigenvalue weighted by Gasteiger charge is -2.06. The summed E-state index contributed by atoms with van der Waals surface area (Å²) in [6, 6.07) is 7.74. The smallest absolute Gasteiger partial charge is 0.330 e. The summed E-state index contributed by atoms with van der Waals surface area (Å²) in [5.74, 6) is -0.166. The molecule has 3 nitrogen and oxygen atoms in total. The van der Waals surface area contributed by atoms with Crippen molar-refractivity contribution in [3.63, 3.8) is 0 Å². The summed E-state index contributed by atoms with van der Waals surface area (Å²) in [7, 11) is 1.42. The number of halogens is 1. The van der Waals surface area contributed by atoms with Gasteiger partial charge in [-0.1, -0.05) is 12.1 Å². The lowest BCUT2D eigenvalue weighted by molar-refractivity contribution is -0.139. The van der Waals surface area contributed by atoms with E-state index in [4.69, 9.17) is 0 Å². The van der Waals surface area contributed by atoms with Crippen LogP contribution in [0.1, 0.15) is 0 Å². The van der Waals surface area contributed by atoms with E-state index < -0.39 is 0 Å². The summed E-state index contributed by atoms with van der Waals surface area (Å²) in [5, 5.41) is 0. The minimum Gasteiger partial charge on any atom is -0.467 e. The molecule has 4 heteroatoms. The Bertz CT molecular complexity index is 367. The number of hydrogen-bond acceptors (Lipinski definition) is 3. The summed E-state index contributed by atoms with van der Waals surface area (Å²) in [6.45, 7) is 0.745. The van der Waals surface area contributed by atoms with Crippen LogP contribution < -0.4 is 4.90 Å². The number of carbonyl (C=O) groups excluding carboxylic acids is 1. The fraction of sp³-hybridized carbons (Fsp3) is 0.300. The van der Waals surface area contributed by atoms with Gasteiger partial charge in [0.05, 0.1) is 19.3 Å². The quantitative estimate of drug-likeness (QED) is 0.597. The maximum Gasteiger partial charge on any atom is 0.330 e. The van der Waals surface area contributed by atoms with Crippen LogP contribution in [0.3, 0.4) is 0 Å². The molecule has 0 radical (unpaired) electrons. The summed E-state index contributed by atoms with van der Waals surface area (Å²) in [5.41, 5.74) is 1.04. The molecule has 0 saturated carbocycles. The van der Waals surface area contributed by atoms with Crippen molar-refractivity contribution in [3.05, 3.63) is 28.7 Å². The Hall–Kier alpha value is -1.03. The van der Waals surface area contributed by atoms with Crippen LogP contribution in [0.25, 0.3) is 0 Å². The van der Waals surface area contributed by atoms with E-state index in [1.807, 2.05) is 29.2 Å². The van der Waals surface area contributed by atoms with Crippen molar-refractivity contribution in [2.75, 3.05) is 18.6 Å². The van der Waals surface area contributed by atoms with E-state index in [0.717, 1.165) is 16.7 Å². The van der Waals surface area contributed by atoms with E-state index in [0.29, 0.717) is 0 Å². The summed E-state index contributed by atoms with van der Waals surface area (Å²) in [4.78, 5) is 13.2. The molecule has 1 aromatic carbocycles. The van der Waals surface area contributed by atoms with Gasteiger partial charge in [0.15, 0.2) is 0 Å². The van der Waals surface area contributed by atoms with Gasteiger partial charge in [-0.2, -0.15) is 0 Å².